The van der Waals surface area contributed by atoms with Gasteiger partial charge < -0.3 is 9.80 Å². The van der Waals surface area contributed by atoms with E-state index in [4.69, 9.17) is 0 Å². The summed E-state index contributed by atoms with van der Waals surface area (Å²) in [6, 6.07) is 0. The number of hydrogen-bond donors (Lipinski definition) is 0. The van der Waals surface area contributed by atoms with Gasteiger partial charge in [-0.05, 0) is 12.8 Å². The summed E-state index contributed by atoms with van der Waals surface area (Å²) in [5.74, 6) is -31.6. The van der Waals surface area contributed by atoms with Crippen molar-refractivity contribution in [3.63, 3.8) is 0 Å². The minimum absolute atomic E-state index is 0.0344. The third-order valence-electron chi connectivity index (χ3n) is 8.20. The molecular formula is C25H29F15N4O8S2. The zero-order chi connectivity index (χ0) is 42.3. The average Bonchev–Trinajstić information content (AvgIpc) is 3.05. The molecule has 54 heavy (non-hydrogen) atoms. The van der Waals surface area contributed by atoms with Gasteiger partial charge >= 0.3 is 40.4 Å². The normalized spacial score (nSPS) is 18.5. The van der Waals surface area contributed by atoms with Crippen LogP contribution in [0.1, 0.15) is 39.0 Å². The van der Waals surface area contributed by atoms with E-state index in [2.05, 4.69) is 0 Å². The van der Waals surface area contributed by atoms with Gasteiger partial charge in [-0.2, -0.15) is 74.5 Å². The molecule has 0 aromatic rings. The Balaban J connectivity index is 1.83. The zero-order valence-corrected chi connectivity index (χ0v) is 28.9. The lowest BCUT2D eigenvalue weighted by atomic mass is 10.1. The van der Waals surface area contributed by atoms with Gasteiger partial charge in [0.25, 0.3) is 31.9 Å². The summed E-state index contributed by atoms with van der Waals surface area (Å²) in [6.45, 7) is -8.82. The molecule has 2 fully saturated rings. The Morgan fingerprint density at radius 2 is 0.759 bits per heavy atom. The summed E-state index contributed by atoms with van der Waals surface area (Å²) >= 11 is 0. The van der Waals surface area contributed by atoms with Crippen molar-refractivity contribution in [2.75, 3.05) is 52.4 Å². The molecule has 0 saturated carbocycles. The summed E-state index contributed by atoms with van der Waals surface area (Å²) in [6.07, 6.45) is -8.68. The van der Waals surface area contributed by atoms with E-state index in [9.17, 15) is 102 Å². The average molecular weight is 863 g/mol. The molecule has 0 spiro atoms. The first-order valence-electron chi connectivity index (χ1n) is 15.0. The Labute approximate surface area is 295 Å². The van der Waals surface area contributed by atoms with E-state index in [1.807, 2.05) is 0 Å². The number of Topliss-reactive ketones (excluding diaryl/α,β-unsaturated/α-hetero) is 2. The minimum atomic E-state index is -7.48. The highest BCUT2D eigenvalue weighted by molar-refractivity contribution is 7.90. The summed E-state index contributed by atoms with van der Waals surface area (Å²) < 4.78 is 248. The number of carbonyl (C=O) groups is 4. The third kappa shape index (κ3) is 8.41. The standard InChI is InChI=1S/C25H29F15N4O8S2/c1-19(26,27)20(28,29)24(37,38)53(49,50)43-11-7-41(8-12-43)17(47)15(45)5-3-2-4-6-16(46)18(48)42-9-13-44(14-10-42)54(51,52)25(39,40)22(32,33)21(30,31)23(34,35)36/h2-14H2,1H3. The van der Waals surface area contributed by atoms with Crippen molar-refractivity contribution in [3.05, 3.63) is 0 Å². The second-order valence-electron chi connectivity index (χ2n) is 11.9. The summed E-state index contributed by atoms with van der Waals surface area (Å²) in [5, 5.41) is -13.2. The van der Waals surface area contributed by atoms with Gasteiger partial charge in [-0.1, -0.05) is 6.42 Å². The van der Waals surface area contributed by atoms with E-state index >= 15 is 0 Å². The molecule has 2 rings (SSSR count). The number of unbranched alkanes of at least 4 members (excludes halogenated alkanes) is 2. The summed E-state index contributed by atoms with van der Waals surface area (Å²) in [4.78, 5) is 50.5. The second kappa shape index (κ2) is 15.5. The van der Waals surface area contributed by atoms with E-state index in [1.165, 1.54) is 0 Å². The number of rotatable bonds is 16. The molecule has 0 aliphatic carbocycles. The predicted molar refractivity (Wildman–Crippen MR) is 149 cm³/mol. The molecule has 0 radical (unpaired) electrons. The highest BCUT2D eigenvalue weighted by atomic mass is 32.2. The maximum absolute atomic E-state index is 14.1. The highest BCUT2D eigenvalue weighted by Crippen LogP contribution is 2.55. The molecule has 0 aromatic carbocycles. The van der Waals surface area contributed by atoms with Gasteiger partial charge in [-0.25, -0.2) is 16.8 Å². The van der Waals surface area contributed by atoms with E-state index < -0.39 is 160 Å². The van der Waals surface area contributed by atoms with Crippen molar-refractivity contribution >= 4 is 43.4 Å². The van der Waals surface area contributed by atoms with Gasteiger partial charge in [0, 0.05) is 72.1 Å². The van der Waals surface area contributed by atoms with Crippen LogP contribution >= 0.6 is 0 Å². The fraction of sp³-hybridized carbons (Fsp3) is 0.840. The van der Waals surface area contributed by atoms with Crippen molar-refractivity contribution < 1.29 is 102 Å². The monoisotopic (exact) mass is 862 g/mol. The van der Waals surface area contributed by atoms with Gasteiger partial charge in [0.2, 0.25) is 11.6 Å². The molecule has 2 aliphatic rings. The van der Waals surface area contributed by atoms with Crippen molar-refractivity contribution in [2.45, 2.75) is 79.4 Å². The molecule has 2 amide bonds. The Bertz CT molecular complexity index is 1650. The van der Waals surface area contributed by atoms with Crippen LogP contribution in [-0.2, 0) is 39.2 Å². The Hall–Kier alpha value is -2.95. The number of amides is 2. The predicted octanol–water partition coefficient (Wildman–Crippen LogP) is 3.33. The quantitative estimate of drug-likeness (QED) is 0.131. The lowest BCUT2D eigenvalue weighted by Crippen LogP contribution is -2.66. The number of ketones is 2. The molecule has 12 nitrogen and oxygen atoms in total. The van der Waals surface area contributed by atoms with Crippen molar-refractivity contribution in [3.8, 4) is 0 Å². The fourth-order valence-electron chi connectivity index (χ4n) is 4.84. The first-order valence-corrected chi connectivity index (χ1v) is 17.9. The van der Waals surface area contributed by atoms with Crippen LogP contribution in [0.3, 0.4) is 0 Å². The van der Waals surface area contributed by atoms with E-state index in [0.29, 0.717) is 9.80 Å². The van der Waals surface area contributed by atoms with Gasteiger partial charge in [0.05, 0.1) is 0 Å². The Morgan fingerprint density at radius 3 is 1.04 bits per heavy atom. The molecule has 2 aliphatic heterocycles. The van der Waals surface area contributed by atoms with Crippen molar-refractivity contribution in [2.24, 2.45) is 0 Å². The van der Waals surface area contributed by atoms with Gasteiger partial charge in [-0.15, -0.1) is 0 Å². The van der Waals surface area contributed by atoms with Crippen LogP contribution in [0.15, 0.2) is 0 Å². The van der Waals surface area contributed by atoms with Crippen LogP contribution in [0.5, 0.6) is 0 Å². The van der Waals surface area contributed by atoms with Gasteiger partial charge in [0.15, 0.2) is 0 Å². The number of hydrogen-bond acceptors (Lipinski definition) is 8. The molecular weight excluding hydrogens is 833 g/mol. The molecule has 29 heteroatoms. The number of nitrogens with zero attached hydrogens (tertiary/aromatic N) is 4. The van der Waals surface area contributed by atoms with Crippen LogP contribution in [0, 0.1) is 0 Å². The SMILES string of the molecule is CC(F)(F)C(F)(F)C(F)(F)S(=O)(=O)N1CCN(C(=O)C(=O)CCCCCC(=O)C(=O)N2CCN(S(=O)(=O)C(F)(F)C(F)(F)C(F)(F)C(F)(F)F)CC2)CC1. The van der Waals surface area contributed by atoms with Crippen molar-refractivity contribution in [1.29, 1.82) is 0 Å². The number of halogens is 15. The first-order chi connectivity index (χ1) is 24.1. The molecule has 0 unspecified atom stereocenters. The second-order valence-corrected chi connectivity index (χ2v) is 15.9. The van der Waals surface area contributed by atoms with Gasteiger partial charge in [0.1, 0.15) is 0 Å². The molecule has 0 atom stereocenters. The largest absolute Gasteiger partial charge is 0.460 e. The first kappa shape index (κ1) is 47.2. The maximum atomic E-state index is 14.1. The van der Waals surface area contributed by atoms with Crippen LogP contribution in [0.25, 0.3) is 0 Å². The molecule has 0 N–H and O–H groups in total. The number of sulfonamides is 2. The highest BCUT2D eigenvalue weighted by Gasteiger charge is 2.86. The lowest BCUT2D eigenvalue weighted by molar-refractivity contribution is -0.382. The zero-order valence-electron chi connectivity index (χ0n) is 27.2. The maximum Gasteiger partial charge on any atom is 0.460 e. The molecule has 0 bridgehead atoms. The molecule has 2 saturated heterocycles. The Kier molecular flexibility index (Phi) is 13.6. The Morgan fingerprint density at radius 1 is 0.463 bits per heavy atom. The summed E-state index contributed by atoms with van der Waals surface area (Å²) in [5.41, 5.74) is 0. The van der Waals surface area contributed by atoms with E-state index in [-0.39, 0.29) is 23.6 Å². The van der Waals surface area contributed by atoms with Crippen LogP contribution in [0.4, 0.5) is 65.9 Å². The van der Waals surface area contributed by atoms with Crippen LogP contribution in [0.2, 0.25) is 0 Å². The summed E-state index contributed by atoms with van der Waals surface area (Å²) in [7, 11) is -13.3. The van der Waals surface area contributed by atoms with E-state index in [1.54, 1.807) is 0 Å². The molecule has 314 valence electrons. The lowest BCUT2D eigenvalue weighted by Gasteiger charge is -2.38. The number of carbonyl (C=O) groups excluding carboxylic acids is 4. The topological polar surface area (TPSA) is 150 Å². The van der Waals surface area contributed by atoms with Gasteiger partial charge in [-0.3, -0.25) is 19.2 Å². The van der Waals surface area contributed by atoms with Crippen LogP contribution < -0.4 is 0 Å². The van der Waals surface area contributed by atoms with E-state index in [0.717, 1.165) is 0 Å². The van der Waals surface area contributed by atoms with Crippen LogP contribution in [-0.4, -0.2) is 151 Å². The molecule has 0 aromatic heterocycles. The fourth-order valence-corrected chi connectivity index (χ4v) is 7.73. The van der Waals surface area contributed by atoms with Crippen molar-refractivity contribution in [1.82, 2.24) is 18.4 Å². The number of alkyl halides is 15. The minimum Gasteiger partial charge on any atom is -0.333 e. The smallest absolute Gasteiger partial charge is 0.333 e. The number of piperazine rings is 2. The third-order valence-corrected chi connectivity index (χ3v) is 12.1. The molecule has 2 heterocycles.